The van der Waals surface area contributed by atoms with Crippen molar-refractivity contribution in [1.82, 2.24) is 34.9 Å². The first kappa shape index (κ1) is 27.3. The van der Waals surface area contributed by atoms with Gasteiger partial charge in [-0.15, -0.1) is 21.5 Å². The summed E-state index contributed by atoms with van der Waals surface area (Å²) in [6.45, 7) is 3.53. The summed E-state index contributed by atoms with van der Waals surface area (Å²) in [4.78, 5) is 23.5. The van der Waals surface area contributed by atoms with Crippen molar-refractivity contribution in [3.05, 3.63) is 70.4 Å². The van der Waals surface area contributed by atoms with Gasteiger partial charge in [-0.3, -0.25) is 14.3 Å². The van der Waals surface area contributed by atoms with Gasteiger partial charge in [0.25, 0.3) is 5.91 Å². The van der Waals surface area contributed by atoms with E-state index in [4.69, 9.17) is 0 Å². The van der Waals surface area contributed by atoms with Gasteiger partial charge in [0.05, 0.1) is 17.0 Å². The van der Waals surface area contributed by atoms with Crippen LogP contribution in [-0.4, -0.2) is 61.7 Å². The fourth-order valence-corrected chi connectivity index (χ4v) is 6.05. The van der Waals surface area contributed by atoms with Crippen LogP contribution in [0.2, 0.25) is 0 Å². The maximum Gasteiger partial charge on any atom is 0.416 e. The molecule has 0 aliphatic carbocycles. The number of carbonyl (C=O) groups excluding carboxylic acids is 1. The number of hydrogen-bond acceptors (Lipinski definition) is 8. The molecule has 1 aliphatic heterocycles. The van der Waals surface area contributed by atoms with E-state index in [0.29, 0.717) is 39.5 Å². The molecule has 39 heavy (non-hydrogen) atoms. The van der Waals surface area contributed by atoms with Crippen LogP contribution in [0.5, 0.6) is 0 Å². The summed E-state index contributed by atoms with van der Waals surface area (Å²) in [5.41, 5.74) is 0.485. The molecule has 4 heterocycles. The summed E-state index contributed by atoms with van der Waals surface area (Å²) in [7, 11) is 0. The van der Waals surface area contributed by atoms with Gasteiger partial charge >= 0.3 is 6.18 Å². The van der Waals surface area contributed by atoms with Crippen LogP contribution in [0.3, 0.4) is 0 Å². The Balaban J connectivity index is 1.30. The Morgan fingerprint density at radius 3 is 2.72 bits per heavy atom. The Morgan fingerprint density at radius 1 is 1.10 bits per heavy atom. The molecule has 13 heteroatoms. The number of nitrogens with one attached hydrogen (secondary N) is 1. The fourth-order valence-electron chi connectivity index (χ4n) is 4.31. The molecule has 0 saturated carbocycles. The number of hydrogen-bond donors (Lipinski definition) is 1. The third-order valence-electron chi connectivity index (χ3n) is 6.26. The minimum atomic E-state index is -4.49. The Morgan fingerprint density at radius 2 is 1.95 bits per heavy atom. The van der Waals surface area contributed by atoms with Crippen LogP contribution in [0.25, 0.3) is 17.1 Å². The highest BCUT2D eigenvalue weighted by Gasteiger charge is 2.31. The first-order chi connectivity index (χ1) is 18.9. The summed E-state index contributed by atoms with van der Waals surface area (Å²) >= 11 is 2.63. The number of alkyl halides is 3. The van der Waals surface area contributed by atoms with Gasteiger partial charge in [0.15, 0.2) is 11.0 Å². The molecular formula is C26H26F3N7OS2. The van der Waals surface area contributed by atoms with Gasteiger partial charge in [-0.25, -0.2) is 4.98 Å². The fraction of sp³-hybridized carbons (Fsp3) is 0.346. The summed E-state index contributed by atoms with van der Waals surface area (Å²) in [5.74, 6) is 0.527. The molecule has 0 atom stereocenters. The third-order valence-corrected chi connectivity index (χ3v) is 8.23. The predicted molar refractivity (Wildman–Crippen MR) is 144 cm³/mol. The van der Waals surface area contributed by atoms with E-state index in [0.717, 1.165) is 31.8 Å². The van der Waals surface area contributed by atoms with Crippen molar-refractivity contribution in [2.75, 3.05) is 26.2 Å². The van der Waals surface area contributed by atoms with Gasteiger partial charge in [-0.2, -0.15) is 13.2 Å². The molecule has 1 N–H and O–H groups in total. The van der Waals surface area contributed by atoms with Crippen molar-refractivity contribution in [3.63, 3.8) is 0 Å². The lowest BCUT2D eigenvalue weighted by Gasteiger charge is -2.26. The number of amides is 1. The Labute approximate surface area is 231 Å². The molecule has 4 aromatic rings. The topological polar surface area (TPSA) is 88.8 Å². The first-order valence-electron chi connectivity index (χ1n) is 12.5. The molecule has 0 spiro atoms. The lowest BCUT2D eigenvalue weighted by atomic mass is 10.1. The smallest absolute Gasteiger partial charge is 0.349 e. The molecule has 5 rings (SSSR count). The minimum Gasteiger partial charge on any atom is -0.349 e. The average molecular weight is 574 g/mol. The quantitative estimate of drug-likeness (QED) is 0.272. The van der Waals surface area contributed by atoms with Gasteiger partial charge < -0.3 is 10.2 Å². The number of pyridine rings is 1. The van der Waals surface area contributed by atoms with Crippen LogP contribution in [0.4, 0.5) is 13.2 Å². The van der Waals surface area contributed by atoms with Gasteiger partial charge in [-0.1, -0.05) is 24.2 Å². The summed E-state index contributed by atoms with van der Waals surface area (Å²) in [6, 6.07) is 8.53. The van der Waals surface area contributed by atoms with Crippen molar-refractivity contribution in [2.45, 2.75) is 36.3 Å². The maximum atomic E-state index is 13.4. The summed E-state index contributed by atoms with van der Waals surface area (Å²) < 4.78 is 41.9. The minimum absolute atomic E-state index is 0.217. The van der Waals surface area contributed by atoms with Crippen molar-refractivity contribution < 1.29 is 18.0 Å². The lowest BCUT2D eigenvalue weighted by Crippen LogP contribution is -2.37. The van der Waals surface area contributed by atoms with E-state index < -0.39 is 11.7 Å². The number of thioether (sulfide) groups is 1. The highest BCUT2D eigenvalue weighted by atomic mass is 32.2. The van der Waals surface area contributed by atoms with Crippen molar-refractivity contribution in [2.24, 2.45) is 0 Å². The van der Waals surface area contributed by atoms with Crippen LogP contribution in [-0.2, 0) is 11.9 Å². The van der Waals surface area contributed by atoms with Crippen LogP contribution in [0.1, 0.15) is 40.3 Å². The van der Waals surface area contributed by atoms with Gasteiger partial charge in [0.1, 0.15) is 10.7 Å². The number of nitrogens with zero attached hydrogens (tertiary/aromatic N) is 6. The number of carbonyl (C=O) groups is 1. The zero-order valence-corrected chi connectivity index (χ0v) is 22.5. The largest absolute Gasteiger partial charge is 0.416 e. The van der Waals surface area contributed by atoms with Crippen LogP contribution < -0.4 is 5.32 Å². The standard InChI is InChI=1S/C26H26F3N7OS2/c27-26(28,29)19-7-4-8-20(14-19)36-23(18-6-5-9-30-15-18)33-34-25(36)39-17-22-32-21(16-38-22)24(37)31-10-13-35-11-2-1-3-12-35/h4-9,14-16H,1-3,10-13,17H2,(H,31,37). The van der Waals surface area contributed by atoms with Crippen LogP contribution in [0, 0.1) is 0 Å². The molecule has 1 aromatic carbocycles. The van der Waals surface area contributed by atoms with Crippen molar-refractivity contribution in [1.29, 1.82) is 0 Å². The molecule has 0 radical (unpaired) electrons. The average Bonchev–Trinajstić information content (AvgIpc) is 3.60. The molecule has 1 amide bonds. The molecule has 1 aliphatic rings. The van der Waals surface area contributed by atoms with Gasteiger partial charge in [0, 0.05) is 36.4 Å². The van der Waals surface area contributed by atoms with Crippen molar-refractivity contribution in [3.8, 4) is 17.1 Å². The molecule has 1 saturated heterocycles. The molecule has 1 fully saturated rings. The van der Waals surface area contributed by atoms with E-state index in [1.165, 1.54) is 48.4 Å². The maximum absolute atomic E-state index is 13.4. The van der Waals surface area contributed by atoms with E-state index >= 15 is 0 Å². The zero-order valence-electron chi connectivity index (χ0n) is 20.9. The van der Waals surface area contributed by atoms with Gasteiger partial charge in [0.2, 0.25) is 0 Å². The number of rotatable bonds is 9. The Kier molecular flexibility index (Phi) is 8.58. The highest BCUT2D eigenvalue weighted by molar-refractivity contribution is 7.98. The third kappa shape index (κ3) is 6.84. The second kappa shape index (κ2) is 12.3. The number of piperidine rings is 1. The lowest BCUT2D eigenvalue weighted by molar-refractivity contribution is -0.137. The van der Waals surface area contributed by atoms with E-state index in [1.54, 1.807) is 40.5 Å². The molecule has 3 aromatic heterocycles. The number of halogens is 3. The Hall–Kier alpha value is -3.29. The monoisotopic (exact) mass is 573 g/mol. The van der Waals surface area contributed by atoms with E-state index in [2.05, 4.69) is 30.4 Å². The molecular weight excluding hydrogens is 547 g/mol. The molecule has 0 bridgehead atoms. The zero-order chi connectivity index (χ0) is 27.2. The second-order valence-electron chi connectivity index (χ2n) is 9.00. The van der Waals surface area contributed by atoms with Crippen LogP contribution in [0.15, 0.2) is 59.3 Å². The number of likely N-dealkylation sites (tertiary alicyclic amines) is 1. The molecule has 8 nitrogen and oxygen atoms in total. The summed E-state index contributed by atoms with van der Waals surface area (Å²) in [6.07, 6.45) is 2.37. The second-order valence-corrected chi connectivity index (χ2v) is 10.9. The molecule has 204 valence electrons. The number of thiazole rings is 1. The summed E-state index contributed by atoms with van der Waals surface area (Å²) in [5, 5.41) is 14.3. The Bertz CT molecular complexity index is 1400. The first-order valence-corrected chi connectivity index (χ1v) is 14.4. The SMILES string of the molecule is O=C(NCCN1CCCCC1)c1csc(CSc2nnc(-c3cccnc3)n2-c2cccc(C(F)(F)F)c2)n1. The normalized spacial score (nSPS) is 14.4. The van der Waals surface area contributed by atoms with Crippen LogP contribution >= 0.6 is 23.1 Å². The van der Waals surface area contributed by atoms with Crippen molar-refractivity contribution >= 4 is 29.0 Å². The number of benzene rings is 1. The van der Waals surface area contributed by atoms with E-state index in [1.807, 2.05) is 0 Å². The van der Waals surface area contributed by atoms with E-state index in [-0.39, 0.29) is 11.6 Å². The highest BCUT2D eigenvalue weighted by Crippen LogP contribution is 2.34. The number of aromatic nitrogens is 5. The predicted octanol–water partition coefficient (Wildman–Crippen LogP) is 5.31. The molecule has 0 unspecified atom stereocenters. The van der Waals surface area contributed by atoms with Gasteiger partial charge in [-0.05, 0) is 56.3 Å². The van der Waals surface area contributed by atoms with E-state index in [9.17, 15) is 18.0 Å².